The second kappa shape index (κ2) is 5.81. The fourth-order valence-electron chi connectivity index (χ4n) is 2.38. The van der Waals surface area contributed by atoms with Crippen LogP contribution in [0.5, 0.6) is 0 Å². The van der Waals surface area contributed by atoms with E-state index in [9.17, 15) is 4.79 Å². The molecule has 0 unspecified atom stereocenters. The Hall–Kier alpha value is -2.34. The Balaban J connectivity index is 2.02. The Kier molecular flexibility index (Phi) is 3.85. The molecule has 1 amide bonds. The molecule has 0 aliphatic rings. The van der Waals surface area contributed by atoms with Crippen molar-refractivity contribution in [3.8, 4) is 0 Å². The van der Waals surface area contributed by atoms with Gasteiger partial charge >= 0.3 is 0 Å². The number of amides is 1. The van der Waals surface area contributed by atoms with Gasteiger partial charge in [-0.1, -0.05) is 13.0 Å². The molecule has 3 aromatic heterocycles. The summed E-state index contributed by atoms with van der Waals surface area (Å²) in [5, 5.41) is 3.80. The van der Waals surface area contributed by atoms with Gasteiger partial charge in [0.25, 0.3) is 5.91 Å². The van der Waals surface area contributed by atoms with Gasteiger partial charge in [-0.15, -0.1) is 11.3 Å². The number of fused-ring (bicyclic) bond motifs is 1. The third-order valence-electron chi connectivity index (χ3n) is 3.45. The lowest BCUT2D eigenvalue weighted by Crippen LogP contribution is -2.12. The summed E-state index contributed by atoms with van der Waals surface area (Å²) < 4.78 is 0. The molecule has 0 spiro atoms. The summed E-state index contributed by atoms with van der Waals surface area (Å²) in [5.41, 5.74) is 1.85. The topological polar surface area (TPSA) is 67.8 Å². The summed E-state index contributed by atoms with van der Waals surface area (Å²) in [5.74, 6) is 1.20. The molecular formula is C16H16N4OS. The van der Waals surface area contributed by atoms with Gasteiger partial charge in [0.2, 0.25) is 0 Å². The molecule has 0 aliphatic heterocycles. The molecule has 0 aromatic carbocycles. The Morgan fingerprint density at radius 1 is 1.27 bits per heavy atom. The van der Waals surface area contributed by atoms with Gasteiger partial charge in [-0.05, 0) is 31.5 Å². The van der Waals surface area contributed by atoms with E-state index in [0.29, 0.717) is 10.7 Å². The molecule has 0 bridgehead atoms. The van der Waals surface area contributed by atoms with Crippen molar-refractivity contribution >= 4 is 33.3 Å². The Labute approximate surface area is 132 Å². The zero-order valence-electron chi connectivity index (χ0n) is 12.7. The van der Waals surface area contributed by atoms with Crippen molar-refractivity contribution in [3.63, 3.8) is 0 Å². The number of pyridine rings is 1. The van der Waals surface area contributed by atoms with Crippen LogP contribution in [0.4, 0.5) is 5.82 Å². The molecule has 0 aliphatic carbocycles. The lowest BCUT2D eigenvalue weighted by molar-refractivity contribution is 0.102. The highest BCUT2D eigenvalue weighted by molar-refractivity contribution is 7.20. The zero-order chi connectivity index (χ0) is 15.7. The highest BCUT2D eigenvalue weighted by Crippen LogP contribution is 2.31. The number of aromatic nitrogens is 3. The van der Waals surface area contributed by atoms with Crippen LogP contribution in [0.2, 0.25) is 0 Å². The number of thiophene rings is 1. The van der Waals surface area contributed by atoms with E-state index < -0.39 is 0 Å². The van der Waals surface area contributed by atoms with E-state index >= 15 is 0 Å². The number of carbonyl (C=O) groups excluding carboxylic acids is 1. The van der Waals surface area contributed by atoms with Gasteiger partial charge in [-0.3, -0.25) is 4.79 Å². The van der Waals surface area contributed by atoms with Crippen molar-refractivity contribution in [2.45, 2.75) is 27.2 Å². The Bertz CT molecular complexity index is 842. The SMILES string of the molecule is CCc1nc(C)c2c(C)c(C(=O)Nc3ccccn3)sc2n1. The molecule has 3 heterocycles. The molecule has 3 aromatic rings. The molecule has 0 atom stereocenters. The van der Waals surface area contributed by atoms with Crippen molar-refractivity contribution in [2.75, 3.05) is 5.32 Å². The third kappa shape index (κ3) is 2.57. The third-order valence-corrected chi connectivity index (χ3v) is 4.63. The van der Waals surface area contributed by atoms with Gasteiger partial charge in [-0.25, -0.2) is 15.0 Å². The summed E-state index contributed by atoms with van der Waals surface area (Å²) in [6, 6.07) is 5.41. The minimum absolute atomic E-state index is 0.156. The van der Waals surface area contributed by atoms with Crippen LogP contribution >= 0.6 is 11.3 Å². The van der Waals surface area contributed by atoms with Crippen molar-refractivity contribution < 1.29 is 4.79 Å². The van der Waals surface area contributed by atoms with Gasteiger partial charge in [0, 0.05) is 23.7 Å². The molecule has 6 heteroatoms. The quantitative estimate of drug-likeness (QED) is 0.803. The summed E-state index contributed by atoms with van der Waals surface area (Å²) in [6.07, 6.45) is 2.43. The Morgan fingerprint density at radius 3 is 2.77 bits per heavy atom. The maximum atomic E-state index is 12.5. The predicted octanol–water partition coefficient (Wildman–Crippen LogP) is 3.52. The van der Waals surface area contributed by atoms with Crippen molar-refractivity contribution in [2.24, 2.45) is 0 Å². The fourth-order valence-corrected chi connectivity index (χ4v) is 3.53. The first-order valence-corrected chi connectivity index (χ1v) is 7.90. The van der Waals surface area contributed by atoms with Crippen LogP contribution in [0.3, 0.4) is 0 Å². The number of carbonyl (C=O) groups is 1. The first-order valence-electron chi connectivity index (χ1n) is 7.09. The maximum absolute atomic E-state index is 12.5. The summed E-state index contributed by atoms with van der Waals surface area (Å²) in [6.45, 7) is 5.92. The first kappa shape index (κ1) is 14.6. The second-order valence-electron chi connectivity index (χ2n) is 4.98. The highest BCUT2D eigenvalue weighted by Gasteiger charge is 2.19. The molecule has 0 fully saturated rings. The van der Waals surface area contributed by atoms with Gasteiger partial charge in [-0.2, -0.15) is 0 Å². The van der Waals surface area contributed by atoms with Crippen LogP contribution in [-0.2, 0) is 6.42 Å². The minimum Gasteiger partial charge on any atom is -0.306 e. The monoisotopic (exact) mass is 312 g/mol. The average molecular weight is 312 g/mol. The van der Waals surface area contributed by atoms with Crippen LogP contribution in [0.1, 0.15) is 33.7 Å². The molecule has 1 N–H and O–H groups in total. The normalized spacial score (nSPS) is 10.9. The van der Waals surface area contributed by atoms with Crippen LogP contribution in [0, 0.1) is 13.8 Å². The van der Waals surface area contributed by atoms with Crippen LogP contribution in [0.15, 0.2) is 24.4 Å². The second-order valence-corrected chi connectivity index (χ2v) is 5.98. The minimum atomic E-state index is -0.156. The molecule has 112 valence electrons. The first-order chi connectivity index (χ1) is 10.6. The van der Waals surface area contributed by atoms with E-state index in [1.165, 1.54) is 11.3 Å². The van der Waals surface area contributed by atoms with E-state index in [2.05, 4.69) is 20.3 Å². The lowest BCUT2D eigenvalue weighted by Gasteiger charge is -2.03. The number of nitrogens with zero attached hydrogens (tertiary/aromatic N) is 3. The number of rotatable bonds is 3. The van der Waals surface area contributed by atoms with Gasteiger partial charge < -0.3 is 5.32 Å². The predicted molar refractivity (Wildman–Crippen MR) is 88.5 cm³/mol. The summed E-state index contributed by atoms with van der Waals surface area (Å²) >= 11 is 1.40. The molecule has 22 heavy (non-hydrogen) atoms. The lowest BCUT2D eigenvalue weighted by atomic mass is 10.1. The van der Waals surface area contributed by atoms with E-state index in [-0.39, 0.29) is 5.91 Å². The number of aryl methyl sites for hydroxylation is 3. The van der Waals surface area contributed by atoms with Gasteiger partial charge in [0.15, 0.2) is 0 Å². The zero-order valence-corrected chi connectivity index (χ0v) is 13.5. The molecule has 0 saturated heterocycles. The number of hydrogen-bond donors (Lipinski definition) is 1. The van der Waals surface area contributed by atoms with E-state index in [1.807, 2.05) is 32.9 Å². The van der Waals surface area contributed by atoms with E-state index in [4.69, 9.17) is 0 Å². The Morgan fingerprint density at radius 2 is 2.09 bits per heavy atom. The molecular weight excluding hydrogens is 296 g/mol. The van der Waals surface area contributed by atoms with E-state index in [0.717, 1.165) is 33.7 Å². The number of nitrogens with one attached hydrogen (secondary N) is 1. The average Bonchev–Trinajstić information content (AvgIpc) is 2.85. The van der Waals surface area contributed by atoms with Gasteiger partial charge in [0.1, 0.15) is 16.5 Å². The van der Waals surface area contributed by atoms with Crippen LogP contribution < -0.4 is 5.32 Å². The number of anilines is 1. The molecule has 0 radical (unpaired) electrons. The molecule has 0 saturated carbocycles. The summed E-state index contributed by atoms with van der Waals surface area (Å²) in [4.78, 5) is 27.2. The molecule has 5 nitrogen and oxygen atoms in total. The van der Waals surface area contributed by atoms with Crippen LogP contribution in [0.25, 0.3) is 10.2 Å². The molecule has 3 rings (SSSR count). The highest BCUT2D eigenvalue weighted by atomic mass is 32.1. The fraction of sp³-hybridized carbons (Fsp3) is 0.250. The smallest absolute Gasteiger partial charge is 0.267 e. The van der Waals surface area contributed by atoms with E-state index in [1.54, 1.807) is 12.3 Å². The van der Waals surface area contributed by atoms with Crippen molar-refractivity contribution in [1.82, 2.24) is 15.0 Å². The van der Waals surface area contributed by atoms with Gasteiger partial charge in [0.05, 0.1) is 4.88 Å². The van der Waals surface area contributed by atoms with Crippen LogP contribution in [-0.4, -0.2) is 20.9 Å². The largest absolute Gasteiger partial charge is 0.306 e. The maximum Gasteiger partial charge on any atom is 0.267 e. The number of hydrogen-bond acceptors (Lipinski definition) is 5. The van der Waals surface area contributed by atoms with Crippen molar-refractivity contribution in [3.05, 3.63) is 46.4 Å². The van der Waals surface area contributed by atoms with Crippen molar-refractivity contribution in [1.29, 1.82) is 0 Å². The summed E-state index contributed by atoms with van der Waals surface area (Å²) in [7, 11) is 0. The standard InChI is InChI=1S/C16H16N4OS/c1-4-11-18-10(3)13-9(2)14(22-16(13)20-11)15(21)19-12-7-5-6-8-17-12/h5-8H,4H2,1-3H3,(H,17,19,21).